The molecule has 0 aromatic rings. The Morgan fingerprint density at radius 3 is 1.88 bits per heavy atom. The molecule has 0 saturated carbocycles. The topological polar surface area (TPSA) is 57.5 Å². The van der Waals surface area contributed by atoms with E-state index in [-0.39, 0.29) is 0 Å². The third-order valence-corrected chi connectivity index (χ3v) is 0.500. The van der Waals surface area contributed by atoms with Crippen LogP contribution in [0.2, 0.25) is 0 Å². The fourth-order valence-electron chi connectivity index (χ4n) is 0. The summed E-state index contributed by atoms with van der Waals surface area (Å²) in [7, 11) is 0. The maximum atomic E-state index is 8.56. The molecular formula is C4H8O3S. The molecule has 0 atom stereocenters. The fraction of sp³-hybridized carbons (Fsp3) is 0.250. The lowest BCUT2D eigenvalue weighted by atomic mass is 11.3. The van der Waals surface area contributed by atoms with E-state index in [0.29, 0.717) is 0 Å². The molecule has 0 heterocycles. The van der Waals surface area contributed by atoms with Crippen LogP contribution in [0.1, 0.15) is 0 Å². The van der Waals surface area contributed by atoms with Gasteiger partial charge in [0.05, 0.1) is 0 Å². The first-order valence-corrected chi connectivity index (χ1v) is 2.99. The summed E-state index contributed by atoms with van der Waals surface area (Å²) in [5, 5.41) is 15.7. The zero-order valence-electron chi connectivity index (χ0n) is 4.50. The molecule has 0 fully saturated rings. The van der Waals surface area contributed by atoms with Crippen LogP contribution in [0.15, 0.2) is 12.0 Å². The van der Waals surface area contributed by atoms with Gasteiger partial charge >= 0.3 is 6.16 Å². The molecule has 0 aliphatic carbocycles. The summed E-state index contributed by atoms with van der Waals surface area (Å²) in [6.07, 6.45) is 0.146. The first-order chi connectivity index (χ1) is 3.65. The van der Waals surface area contributed by atoms with E-state index in [1.54, 1.807) is 17.2 Å². The van der Waals surface area contributed by atoms with Crippen LogP contribution in [0.3, 0.4) is 0 Å². The van der Waals surface area contributed by atoms with Gasteiger partial charge in [0.2, 0.25) is 0 Å². The predicted molar refractivity (Wildman–Crippen MR) is 34.4 cm³/mol. The van der Waals surface area contributed by atoms with Crippen molar-refractivity contribution in [2.45, 2.75) is 0 Å². The van der Waals surface area contributed by atoms with Crippen LogP contribution in [0, 0.1) is 0 Å². The highest BCUT2D eigenvalue weighted by Crippen LogP contribution is 1.85. The van der Waals surface area contributed by atoms with Gasteiger partial charge < -0.3 is 10.2 Å². The van der Waals surface area contributed by atoms with Gasteiger partial charge in [-0.2, -0.15) is 0 Å². The van der Waals surface area contributed by atoms with Crippen molar-refractivity contribution >= 4 is 17.9 Å². The van der Waals surface area contributed by atoms with Crippen LogP contribution in [0.25, 0.3) is 0 Å². The molecule has 0 aliphatic heterocycles. The van der Waals surface area contributed by atoms with Crippen molar-refractivity contribution in [2.24, 2.45) is 0 Å². The summed E-state index contributed by atoms with van der Waals surface area (Å²) in [5.74, 6) is 0. The maximum Gasteiger partial charge on any atom is 0.503 e. The Bertz CT molecular complexity index is 67.7. The van der Waals surface area contributed by atoms with Crippen LogP contribution in [-0.4, -0.2) is 22.6 Å². The van der Waals surface area contributed by atoms with Crippen LogP contribution in [-0.2, 0) is 0 Å². The fourth-order valence-corrected chi connectivity index (χ4v) is 0. The Hall–Kier alpha value is -0.640. The summed E-state index contributed by atoms with van der Waals surface area (Å²) < 4.78 is 0. The van der Waals surface area contributed by atoms with Crippen molar-refractivity contribution < 1.29 is 15.0 Å². The average molecular weight is 136 g/mol. The summed E-state index contributed by atoms with van der Waals surface area (Å²) in [4.78, 5) is 8.56. The van der Waals surface area contributed by atoms with Gasteiger partial charge in [-0.25, -0.2) is 4.79 Å². The second-order valence-corrected chi connectivity index (χ2v) is 1.49. The summed E-state index contributed by atoms with van der Waals surface area (Å²) >= 11 is 1.62. The lowest BCUT2D eigenvalue weighted by molar-refractivity contribution is 0.137. The largest absolute Gasteiger partial charge is 0.503 e. The lowest BCUT2D eigenvalue weighted by Gasteiger charge is -1.60. The first kappa shape index (κ1) is 10.4. The predicted octanol–water partition coefficient (Wildman–Crippen LogP) is 1.72. The van der Waals surface area contributed by atoms with Gasteiger partial charge in [0.25, 0.3) is 0 Å². The van der Waals surface area contributed by atoms with Gasteiger partial charge in [-0.1, -0.05) is 6.58 Å². The molecule has 48 valence electrons. The number of carboxylic acid groups (broad SMARTS) is 2. The Kier molecular flexibility index (Phi) is 12.5. The van der Waals surface area contributed by atoms with E-state index in [0.717, 1.165) is 0 Å². The third kappa shape index (κ3) is 786. The summed E-state index contributed by atoms with van der Waals surface area (Å²) in [6.45, 7) is 3.44. The normalized spacial score (nSPS) is 6.12. The van der Waals surface area contributed by atoms with Crippen LogP contribution >= 0.6 is 11.8 Å². The molecule has 0 radical (unpaired) electrons. The van der Waals surface area contributed by atoms with Gasteiger partial charge in [0.1, 0.15) is 0 Å². The lowest BCUT2D eigenvalue weighted by Crippen LogP contribution is -1.81. The van der Waals surface area contributed by atoms with Crippen LogP contribution < -0.4 is 0 Å². The third-order valence-electron chi connectivity index (χ3n) is 0.167. The van der Waals surface area contributed by atoms with E-state index >= 15 is 0 Å². The smallest absolute Gasteiger partial charge is 0.450 e. The molecule has 0 rings (SSSR count). The molecule has 0 amide bonds. The number of carbonyl (C=O) groups is 1. The zero-order chi connectivity index (χ0) is 6.99. The Balaban J connectivity index is 0. The minimum absolute atomic E-state index is 1.62. The molecule has 0 bridgehead atoms. The van der Waals surface area contributed by atoms with Gasteiger partial charge in [-0.05, 0) is 11.7 Å². The van der Waals surface area contributed by atoms with Crippen molar-refractivity contribution in [3.05, 3.63) is 12.0 Å². The highest BCUT2D eigenvalue weighted by atomic mass is 32.2. The molecular weight excluding hydrogens is 128 g/mol. The monoisotopic (exact) mass is 136 g/mol. The van der Waals surface area contributed by atoms with Crippen molar-refractivity contribution in [3.8, 4) is 0 Å². The standard InChI is InChI=1S/C3H6S.CH2O3/c1-3-4-2;2-1(3)4/h3H,1H2,2H3;(H2,2,3,4). The number of hydrogen-bond acceptors (Lipinski definition) is 2. The van der Waals surface area contributed by atoms with E-state index in [1.807, 2.05) is 6.26 Å². The first-order valence-electron chi connectivity index (χ1n) is 1.70. The molecule has 0 aromatic heterocycles. The quantitative estimate of drug-likeness (QED) is 0.576. The van der Waals surface area contributed by atoms with E-state index in [9.17, 15) is 0 Å². The Morgan fingerprint density at radius 1 is 1.75 bits per heavy atom. The van der Waals surface area contributed by atoms with Gasteiger partial charge in [0.15, 0.2) is 0 Å². The minimum Gasteiger partial charge on any atom is -0.450 e. The van der Waals surface area contributed by atoms with E-state index in [1.165, 1.54) is 0 Å². The second kappa shape index (κ2) is 9.61. The molecule has 4 heteroatoms. The van der Waals surface area contributed by atoms with Crippen molar-refractivity contribution in [3.63, 3.8) is 0 Å². The minimum atomic E-state index is -1.83. The maximum absolute atomic E-state index is 8.56. The highest BCUT2D eigenvalue weighted by Gasteiger charge is 1.70. The Labute approximate surface area is 52.0 Å². The molecule has 2 N–H and O–H groups in total. The average Bonchev–Trinajstić information content (AvgIpc) is 1.65. The van der Waals surface area contributed by atoms with Crippen molar-refractivity contribution in [2.75, 3.05) is 6.26 Å². The van der Waals surface area contributed by atoms with Crippen molar-refractivity contribution in [1.29, 1.82) is 0 Å². The number of hydrogen-bond donors (Lipinski definition) is 2. The molecule has 0 saturated heterocycles. The molecule has 8 heavy (non-hydrogen) atoms. The van der Waals surface area contributed by atoms with Gasteiger partial charge in [-0.15, -0.1) is 11.8 Å². The summed E-state index contributed by atoms with van der Waals surface area (Å²) in [6, 6.07) is 0. The number of rotatable bonds is 1. The molecule has 0 unspecified atom stereocenters. The van der Waals surface area contributed by atoms with Gasteiger partial charge in [0, 0.05) is 0 Å². The Morgan fingerprint density at radius 2 is 1.88 bits per heavy atom. The zero-order valence-corrected chi connectivity index (χ0v) is 5.31. The van der Waals surface area contributed by atoms with Crippen LogP contribution in [0.5, 0.6) is 0 Å². The second-order valence-electron chi connectivity index (χ2n) is 0.685. The van der Waals surface area contributed by atoms with E-state index in [4.69, 9.17) is 15.0 Å². The molecule has 3 nitrogen and oxygen atoms in total. The molecule has 0 aromatic carbocycles. The SMILES string of the molecule is C=CSC.O=C(O)O. The molecule has 0 spiro atoms. The van der Waals surface area contributed by atoms with E-state index in [2.05, 4.69) is 6.58 Å². The molecule has 0 aliphatic rings. The highest BCUT2D eigenvalue weighted by molar-refractivity contribution is 8.01. The van der Waals surface area contributed by atoms with Gasteiger partial charge in [-0.3, -0.25) is 0 Å². The van der Waals surface area contributed by atoms with E-state index < -0.39 is 6.16 Å². The number of thioether (sulfide) groups is 1. The van der Waals surface area contributed by atoms with Crippen molar-refractivity contribution in [1.82, 2.24) is 0 Å². The van der Waals surface area contributed by atoms with Crippen LogP contribution in [0.4, 0.5) is 4.79 Å². The summed E-state index contributed by atoms with van der Waals surface area (Å²) in [5.41, 5.74) is 0.